The van der Waals surface area contributed by atoms with Crippen LogP contribution in [0.25, 0.3) is 0 Å². The number of hydrogen-bond acceptors (Lipinski definition) is 4. The standard InChI is InChI=1S/C18H23N3O2S/c1-13(16-8-9-24-12-16)10-20-18(19-2)21-11-14-4-6-15(7-5-14)17(22)23-3/h4-9,12-13H,10-11H2,1-3H3,(H2,19,20,21). The van der Waals surface area contributed by atoms with E-state index in [0.29, 0.717) is 18.0 Å². The number of rotatable bonds is 6. The summed E-state index contributed by atoms with van der Waals surface area (Å²) in [6, 6.07) is 9.48. The first-order chi connectivity index (χ1) is 11.6. The van der Waals surface area contributed by atoms with Crippen LogP contribution in [0.5, 0.6) is 0 Å². The first kappa shape index (κ1) is 18.0. The van der Waals surface area contributed by atoms with Crippen LogP contribution in [-0.2, 0) is 11.3 Å². The van der Waals surface area contributed by atoms with Gasteiger partial charge in [-0.05, 0) is 46.0 Å². The van der Waals surface area contributed by atoms with E-state index in [1.165, 1.54) is 12.7 Å². The zero-order valence-electron chi connectivity index (χ0n) is 14.2. The molecule has 0 aliphatic rings. The molecule has 0 saturated heterocycles. The van der Waals surface area contributed by atoms with Crippen molar-refractivity contribution in [2.24, 2.45) is 4.99 Å². The van der Waals surface area contributed by atoms with E-state index in [-0.39, 0.29) is 5.97 Å². The normalized spacial score (nSPS) is 12.5. The van der Waals surface area contributed by atoms with E-state index in [2.05, 4.69) is 39.4 Å². The van der Waals surface area contributed by atoms with Crippen LogP contribution in [0, 0.1) is 0 Å². The van der Waals surface area contributed by atoms with Crippen LogP contribution in [0.2, 0.25) is 0 Å². The highest BCUT2D eigenvalue weighted by molar-refractivity contribution is 7.07. The Morgan fingerprint density at radius 3 is 2.58 bits per heavy atom. The highest BCUT2D eigenvalue weighted by atomic mass is 32.1. The maximum absolute atomic E-state index is 11.4. The van der Waals surface area contributed by atoms with Gasteiger partial charge in [0.15, 0.2) is 5.96 Å². The largest absolute Gasteiger partial charge is 0.465 e. The highest BCUT2D eigenvalue weighted by Gasteiger charge is 2.07. The van der Waals surface area contributed by atoms with Crippen LogP contribution in [-0.4, -0.2) is 32.6 Å². The molecule has 0 bridgehead atoms. The molecule has 2 rings (SSSR count). The van der Waals surface area contributed by atoms with Crippen molar-refractivity contribution < 1.29 is 9.53 Å². The van der Waals surface area contributed by atoms with E-state index in [0.717, 1.165) is 18.1 Å². The highest BCUT2D eigenvalue weighted by Crippen LogP contribution is 2.16. The van der Waals surface area contributed by atoms with E-state index >= 15 is 0 Å². The first-order valence-corrected chi connectivity index (χ1v) is 8.72. The van der Waals surface area contributed by atoms with Crippen molar-refractivity contribution in [2.75, 3.05) is 20.7 Å². The number of methoxy groups -OCH3 is 1. The molecule has 1 unspecified atom stereocenters. The van der Waals surface area contributed by atoms with E-state index in [1.807, 2.05) is 12.1 Å². The molecule has 128 valence electrons. The number of esters is 1. The van der Waals surface area contributed by atoms with Gasteiger partial charge < -0.3 is 15.4 Å². The zero-order valence-corrected chi connectivity index (χ0v) is 15.0. The molecule has 1 aromatic carbocycles. The Morgan fingerprint density at radius 1 is 1.25 bits per heavy atom. The Morgan fingerprint density at radius 2 is 2.00 bits per heavy atom. The quantitative estimate of drug-likeness (QED) is 0.480. The Kier molecular flexibility index (Phi) is 6.81. The second-order valence-corrected chi connectivity index (χ2v) is 6.23. The van der Waals surface area contributed by atoms with Crippen LogP contribution in [0.1, 0.15) is 34.3 Å². The number of ether oxygens (including phenoxy) is 1. The predicted octanol–water partition coefficient (Wildman–Crippen LogP) is 3.00. The molecule has 0 aliphatic heterocycles. The van der Waals surface area contributed by atoms with Gasteiger partial charge in [0.05, 0.1) is 12.7 Å². The lowest BCUT2D eigenvalue weighted by Gasteiger charge is -2.15. The number of benzene rings is 1. The molecule has 0 fully saturated rings. The molecule has 5 nitrogen and oxygen atoms in total. The molecule has 1 atom stereocenters. The van der Waals surface area contributed by atoms with Crippen molar-refractivity contribution in [1.29, 1.82) is 0 Å². The summed E-state index contributed by atoms with van der Waals surface area (Å²) in [5.74, 6) is 0.859. The van der Waals surface area contributed by atoms with Gasteiger partial charge in [-0.2, -0.15) is 11.3 Å². The molecular formula is C18H23N3O2S. The molecule has 0 aliphatic carbocycles. The third kappa shape index (κ3) is 5.09. The molecular weight excluding hydrogens is 322 g/mol. The Balaban J connectivity index is 1.82. The summed E-state index contributed by atoms with van der Waals surface area (Å²) in [7, 11) is 3.13. The summed E-state index contributed by atoms with van der Waals surface area (Å²) < 4.78 is 4.69. The number of hydrogen-bond donors (Lipinski definition) is 2. The number of nitrogens with zero attached hydrogens (tertiary/aromatic N) is 1. The second kappa shape index (κ2) is 9.08. The van der Waals surface area contributed by atoms with E-state index in [9.17, 15) is 4.79 Å². The van der Waals surface area contributed by atoms with Gasteiger partial charge in [0.1, 0.15) is 0 Å². The summed E-state index contributed by atoms with van der Waals surface area (Å²) in [4.78, 5) is 15.7. The van der Waals surface area contributed by atoms with Crippen LogP contribution in [0.4, 0.5) is 0 Å². The fourth-order valence-corrected chi connectivity index (χ4v) is 2.99. The molecule has 6 heteroatoms. The minimum atomic E-state index is -0.325. The fraction of sp³-hybridized carbons (Fsp3) is 0.333. The number of aliphatic imine (C=N–C) groups is 1. The van der Waals surface area contributed by atoms with Crippen molar-refractivity contribution in [3.05, 3.63) is 57.8 Å². The lowest BCUT2D eigenvalue weighted by molar-refractivity contribution is 0.0600. The van der Waals surface area contributed by atoms with Crippen LogP contribution in [0.15, 0.2) is 46.1 Å². The average molecular weight is 345 g/mol. The number of guanidine groups is 1. The predicted molar refractivity (Wildman–Crippen MR) is 98.7 cm³/mol. The molecule has 0 amide bonds. The van der Waals surface area contributed by atoms with Crippen molar-refractivity contribution in [1.82, 2.24) is 10.6 Å². The molecule has 1 aromatic heterocycles. The van der Waals surface area contributed by atoms with Gasteiger partial charge in [0.25, 0.3) is 0 Å². The summed E-state index contributed by atoms with van der Waals surface area (Å²) in [5, 5.41) is 10.9. The molecule has 0 radical (unpaired) electrons. The van der Waals surface area contributed by atoms with Crippen LogP contribution in [0.3, 0.4) is 0 Å². The van der Waals surface area contributed by atoms with Crippen molar-refractivity contribution in [3.8, 4) is 0 Å². The minimum absolute atomic E-state index is 0.325. The van der Waals surface area contributed by atoms with E-state index in [4.69, 9.17) is 4.74 Å². The SMILES string of the molecule is CN=C(NCc1ccc(C(=O)OC)cc1)NCC(C)c1ccsc1. The summed E-state index contributed by atoms with van der Waals surface area (Å²) in [6.07, 6.45) is 0. The van der Waals surface area contributed by atoms with Gasteiger partial charge in [0.2, 0.25) is 0 Å². The third-order valence-electron chi connectivity index (χ3n) is 3.75. The van der Waals surface area contributed by atoms with Gasteiger partial charge in [-0.3, -0.25) is 4.99 Å². The molecule has 1 heterocycles. The van der Waals surface area contributed by atoms with Crippen LogP contribution >= 0.6 is 11.3 Å². The van der Waals surface area contributed by atoms with Crippen molar-refractivity contribution >= 4 is 23.3 Å². The number of carbonyl (C=O) groups excluding carboxylic acids is 1. The molecule has 0 saturated carbocycles. The average Bonchev–Trinajstić information content (AvgIpc) is 3.16. The van der Waals surface area contributed by atoms with Gasteiger partial charge >= 0.3 is 5.97 Å². The summed E-state index contributed by atoms with van der Waals surface area (Å²) in [5.41, 5.74) is 2.95. The monoisotopic (exact) mass is 345 g/mol. The second-order valence-electron chi connectivity index (χ2n) is 5.45. The molecule has 24 heavy (non-hydrogen) atoms. The topological polar surface area (TPSA) is 62.7 Å². The Hall–Kier alpha value is -2.34. The lowest BCUT2D eigenvalue weighted by Crippen LogP contribution is -2.38. The lowest BCUT2D eigenvalue weighted by atomic mass is 10.1. The number of carbonyl (C=O) groups is 1. The van der Waals surface area contributed by atoms with Crippen molar-refractivity contribution in [2.45, 2.75) is 19.4 Å². The van der Waals surface area contributed by atoms with Gasteiger partial charge in [0, 0.05) is 20.1 Å². The van der Waals surface area contributed by atoms with Crippen LogP contribution < -0.4 is 10.6 Å². The fourth-order valence-electron chi connectivity index (χ4n) is 2.21. The number of nitrogens with one attached hydrogen (secondary N) is 2. The minimum Gasteiger partial charge on any atom is -0.465 e. The maximum Gasteiger partial charge on any atom is 0.337 e. The van der Waals surface area contributed by atoms with Gasteiger partial charge in [-0.25, -0.2) is 4.79 Å². The molecule has 0 spiro atoms. The Bertz CT molecular complexity index is 666. The smallest absolute Gasteiger partial charge is 0.337 e. The van der Waals surface area contributed by atoms with Crippen molar-refractivity contribution in [3.63, 3.8) is 0 Å². The maximum atomic E-state index is 11.4. The molecule has 2 N–H and O–H groups in total. The van der Waals surface area contributed by atoms with E-state index in [1.54, 1.807) is 30.5 Å². The molecule has 2 aromatic rings. The zero-order chi connectivity index (χ0) is 17.4. The number of thiophene rings is 1. The summed E-state index contributed by atoms with van der Waals surface area (Å²) in [6.45, 7) is 3.64. The van der Waals surface area contributed by atoms with Gasteiger partial charge in [-0.1, -0.05) is 19.1 Å². The van der Waals surface area contributed by atoms with Gasteiger partial charge in [-0.15, -0.1) is 0 Å². The first-order valence-electron chi connectivity index (χ1n) is 7.78. The summed E-state index contributed by atoms with van der Waals surface area (Å²) >= 11 is 1.71. The van der Waals surface area contributed by atoms with E-state index < -0.39 is 0 Å². The Labute approximate surface area is 146 Å². The third-order valence-corrected chi connectivity index (χ3v) is 4.45.